The lowest BCUT2D eigenvalue weighted by molar-refractivity contribution is -0.139. The number of carboxylic acid groups (broad SMARTS) is 5. The van der Waals surface area contributed by atoms with Gasteiger partial charge in [0.25, 0.3) is 5.97 Å². The Bertz CT molecular complexity index is 419. The minimum atomic E-state index is -0.870. The summed E-state index contributed by atoms with van der Waals surface area (Å²) in [7, 11) is 0. The maximum Gasteiger partial charge on any atom is 0.303 e. The van der Waals surface area contributed by atoms with Crippen LogP contribution in [0.4, 0.5) is 0 Å². The maximum atomic E-state index is 10.1. The predicted octanol–water partition coefficient (Wildman–Crippen LogP) is 3.08. The molecule has 0 atom stereocenters. The van der Waals surface area contributed by atoms with Crippen molar-refractivity contribution < 1.29 is 49.5 Å². The smallest absolute Gasteiger partial charge is 0.303 e. The third kappa shape index (κ3) is 49.5. The van der Waals surface area contributed by atoms with E-state index in [1.54, 1.807) is 0 Å². The Morgan fingerprint density at radius 1 is 0.429 bits per heavy atom. The summed E-state index contributed by atoms with van der Waals surface area (Å²) in [5.74, 6) is -4.05. The molecule has 0 unspecified atom stereocenters. The fraction of sp³-hybridized carbons (Fsp3) is 0.722. The molecule has 0 bridgehead atoms. The molecule has 0 heterocycles. The van der Waals surface area contributed by atoms with Gasteiger partial charge in [0.05, 0.1) is 0 Å². The van der Waals surface area contributed by atoms with Gasteiger partial charge in [0.15, 0.2) is 0 Å². The molecular weight excluding hydrogens is 376 g/mol. The quantitative estimate of drug-likeness (QED) is 0.267. The second-order valence-corrected chi connectivity index (χ2v) is 5.92. The van der Waals surface area contributed by atoms with E-state index in [2.05, 4.69) is 0 Å². The normalized spacial score (nSPS) is 9.18. The molecule has 28 heavy (non-hydrogen) atoms. The Morgan fingerprint density at radius 2 is 0.571 bits per heavy atom. The lowest BCUT2D eigenvalue weighted by Crippen LogP contribution is -1.97. The lowest BCUT2D eigenvalue weighted by Gasteiger charge is -1.98. The molecule has 164 valence electrons. The van der Waals surface area contributed by atoms with Crippen molar-refractivity contribution in [2.75, 3.05) is 0 Å². The third-order valence-corrected chi connectivity index (χ3v) is 3.06. The molecule has 0 saturated carbocycles. The Labute approximate surface area is 164 Å². The second-order valence-electron chi connectivity index (χ2n) is 5.92. The summed E-state index contributed by atoms with van der Waals surface area (Å²) in [5.41, 5.74) is 0. The Kier molecular flexibility index (Phi) is 24.1. The first-order chi connectivity index (χ1) is 13.0. The van der Waals surface area contributed by atoms with E-state index in [0.717, 1.165) is 45.4 Å². The lowest BCUT2D eigenvalue weighted by atomic mass is 10.1. The molecule has 0 aliphatic rings. The van der Waals surface area contributed by atoms with Crippen LogP contribution in [-0.4, -0.2) is 55.4 Å². The van der Waals surface area contributed by atoms with E-state index in [1.807, 2.05) is 0 Å². The SMILES string of the molecule is CC(=O)O.O=C(O)CCCCC(=O)O.O=C(O)CCCCCCCCC(=O)O. The van der Waals surface area contributed by atoms with E-state index >= 15 is 0 Å². The molecule has 0 radical (unpaired) electrons. The number of hydrogen-bond acceptors (Lipinski definition) is 5. The minimum Gasteiger partial charge on any atom is -0.481 e. The van der Waals surface area contributed by atoms with Gasteiger partial charge in [-0.25, -0.2) is 0 Å². The number of aliphatic carboxylic acids is 5. The van der Waals surface area contributed by atoms with E-state index in [-0.39, 0.29) is 25.7 Å². The summed E-state index contributed by atoms with van der Waals surface area (Å²) in [6.45, 7) is 1.08. The number of carboxylic acids is 5. The van der Waals surface area contributed by atoms with Gasteiger partial charge in [-0.1, -0.05) is 25.7 Å². The van der Waals surface area contributed by atoms with Crippen LogP contribution in [-0.2, 0) is 24.0 Å². The summed E-state index contributed by atoms with van der Waals surface area (Å²) >= 11 is 0. The van der Waals surface area contributed by atoms with Crippen molar-refractivity contribution in [1.29, 1.82) is 0 Å². The van der Waals surface area contributed by atoms with Gasteiger partial charge in [0, 0.05) is 32.6 Å². The Hall–Kier alpha value is -2.65. The summed E-state index contributed by atoms with van der Waals surface area (Å²) in [5, 5.41) is 40.4. The van der Waals surface area contributed by atoms with Gasteiger partial charge in [-0.2, -0.15) is 0 Å². The molecule has 0 aliphatic heterocycles. The molecular formula is C18H32O10. The van der Waals surface area contributed by atoms with Gasteiger partial charge in [0.1, 0.15) is 0 Å². The molecule has 0 aromatic rings. The summed E-state index contributed by atoms with van der Waals surface area (Å²) in [6.07, 6.45) is 6.84. The molecule has 0 rings (SSSR count). The van der Waals surface area contributed by atoms with Crippen molar-refractivity contribution in [3.05, 3.63) is 0 Å². The van der Waals surface area contributed by atoms with Gasteiger partial charge in [0.2, 0.25) is 0 Å². The van der Waals surface area contributed by atoms with Gasteiger partial charge in [-0.3, -0.25) is 24.0 Å². The molecule has 5 N–H and O–H groups in total. The van der Waals surface area contributed by atoms with E-state index < -0.39 is 29.8 Å². The average Bonchev–Trinajstić information content (AvgIpc) is 2.53. The monoisotopic (exact) mass is 408 g/mol. The third-order valence-electron chi connectivity index (χ3n) is 3.06. The van der Waals surface area contributed by atoms with E-state index in [0.29, 0.717) is 12.8 Å². The molecule has 0 aromatic heterocycles. The second kappa shape index (κ2) is 22.4. The zero-order valence-corrected chi connectivity index (χ0v) is 16.3. The Balaban J connectivity index is -0.000000388. The van der Waals surface area contributed by atoms with Crippen LogP contribution >= 0.6 is 0 Å². The van der Waals surface area contributed by atoms with Crippen LogP contribution in [0.5, 0.6) is 0 Å². The first kappa shape index (κ1) is 30.1. The fourth-order valence-corrected chi connectivity index (χ4v) is 1.81. The van der Waals surface area contributed by atoms with Crippen molar-refractivity contribution in [2.45, 2.75) is 84.0 Å². The summed E-state index contributed by atoms with van der Waals surface area (Å²) < 4.78 is 0. The maximum absolute atomic E-state index is 10.1. The summed E-state index contributed by atoms with van der Waals surface area (Å²) in [4.78, 5) is 49.1. The van der Waals surface area contributed by atoms with Crippen molar-refractivity contribution in [3.8, 4) is 0 Å². The van der Waals surface area contributed by atoms with Crippen molar-refractivity contribution in [3.63, 3.8) is 0 Å². The van der Waals surface area contributed by atoms with E-state index in [1.165, 1.54) is 0 Å². The van der Waals surface area contributed by atoms with Crippen LogP contribution in [0.2, 0.25) is 0 Å². The number of hydrogen-bond donors (Lipinski definition) is 5. The molecule has 0 spiro atoms. The standard InChI is InChI=1S/C10H18O4.C6H10O4.C2H4O2/c11-9(12)7-5-3-1-2-4-6-8-10(13)14;7-5(8)3-1-2-4-6(9)10;1-2(3)4/h1-8H2,(H,11,12)(H,13,14);1-4H2,(H,7,8)(H,9,10);1H3,(H,3,4). The van der Waals surface area contributed by atoms with Gasteiger partial charge < -0.3 is 25.5 Å². The number of rotatable bonds is 14. The molecule has 10 nitrogen and oxygen atoms in total. The molecule has 0 amide bonds. The fourth-order valence-electron chi connectivity index (χ4n) is 1.81. The number of unbranched alkanes of at least 4 members (excludes halogenated alkanes) is 6. The van der Waals surface area contributed by atoms with Crippen LogP contribution in [0.25, 0.3) is 0 Å². The average molecular weight is 408 g/mol. The Morgan fingerprint density at radius 3 is 0.750 bits per heavy atom. The molecule has 0 aliphatic carbocycles. The molecule has 10 heteroatoms. The van der Waals surface area contributed by atoms with Crippen LogP contribution in [0.3, 0.4) is 0 Å². The highest BCUT2D eigenvalue weighted by Gasteiger charge is 1.99. The van der Waals surface area contributed by atoms with Crippen molar-refractivity contribution >= 4 is 29.8 Å². The van der Waals surface area contributed by atoms with Crippen LogP contribution in [0.15, 0.2) is 0 Å². The van der Waals surface area contributed by atoms with Crippen LogP contribution in [0.1, 0.15) is 84.0 Å². The molecule has 0 aromatic carbocycles. The topological polar surface area (TPSA) is 186 Å². The zero-order chi connectivity index (χ0) is 22.4. The molecule has 0 saturated heterocycles. The first-order valence-corrected chi connectivity index (χ1v) is 9.05. The van der Waals surface area contributed by atoms with Crippen LogP contribution in [0, 0.1) is 0 Å². The van der Waals surface area contributed by atoms with Crippen LogP contribution < -0.4 is 0 Å². The minimum absolute atomic E-state index is 0.0628. The highest BCUT2D eigenvalue weighted by molar-refractivity contribution is 5.68. The predicted molar refractivity (Wildman–Crippen MR) is 99.3 cm³/mol. The van der Waals surface area contributed by atoms with Gasteiger partial charge in [-0.15, -0.1) is 0 Å². The van der Waals surface area contributed by atoms with Gasteiger partial charge in [-0.05, 0) is 25.7 Å². The zero-order valence-electron chi connectivity index (χ0n) is 16.3. The highest BCUT2D eigenvalue weighted by Crippen LogP contribution is 2.08. The van der Waals surface area contributed by atoms with Crippen molar-refractivity contribution in [2.24, 2.45) is 0 Å². The van der Waals surface area contributed by atoms with E-state index in [4.69, 9.17) is 30.3 Å². The number of carbonyl (C=O) groups is 5. The first-order valence-electron chi connectivity index (χ1n) is 9.05. The molecule has 0 fully saturated rings. The van der Waals surface area contributed by atoms with Crippen molar-refractivity contribution in [1.82, 2.24) is 0 Å². The highest BCUT2D eigenvalue weighted by atomic mass is 16.4. The summed E-state index contributed by atoms with van der Waals surface area (Å²) in [6, 6.07) is 0. The van der Waals surface area contributed by atoms with Gasteiger partial charge >= 0.3 is 23.9 Å². The van der Waals surface area contributed by atoms with E-state index in [9.17, 15) is 19.2 Å². The largest absolute Gasteiger partial charge is 0.481 e.